The largest absolute Gasteiger partial charge is 0.355 e. The Labute approximate surface area is 89.8 Å². The van der Waals surface area contributed by atoms with Crippen molar-refractivity contribution in [1.82, 2.24) is 10.6 Å². The first-order chi connectivity index (χ1) is 7.10. The lowest BCUT2D eigenvalue weighted by Gasteiger charge is -2.11. The van der Waals surface area contributed by atoms with Crippen molar-refractivity contribution in [2.45, 2.75) is 39.2 Å². The molecular formula is C10H17N3O2. The summed E-state index contributed by atoms with van der Waals surface area (Å²) in [5.41, 5.74) is 0. The summed E-state index contributed by atoms with van der Waals surface area (Å²) in [7, 11) is 0. The summed E-state index contributed by atoms with van der Waals surface area (Å²) in [4.78, 5) is 22.1. The quantitative estimate of drug-likeness (QED) is 0.663. The van der Waals surface area contributed by atoms with E-state index in [-0.39, 0.29) is 37.2 Å². The van der Waals surface area contributed by atoms with E-state index < -0.39 is 0 Å². The second-order valence-corrected chi connectivity index (χ2v) is 3.31. The summed E-state index contributed by atoms with van der Waals surface area (Å²) >= 11 is 0. The van der Waals surface area contributed by atoms with Crippen LogP contribution in [0.2, 0.25) is 0 Å². The van der Waals surface area contributed by atoms with Crippen molar-refractivity contribution in [1.29, 1.82) is 5.26 Å². The molecule has 15 heavy (non-hydrogen) atoms. The molecule has 0 aromatic rings. The normalized spacial score (nSPS) is 11.3. The molecule has 0 rings (SSSR count). The van der Waals surface area contributed by atoms with Crippen molar-refractivity contribution in [3.63, 3.8) is 0 Å². The van der Waals surface area contributed by atoms with Crippen LogP contribution in [0.5, 0.6) is 0 Å². The topological polar surface area (TPSA) is 82.0 Å². The first kappa shape index (κ1) is 13.4. The Bertz CT molecular complexity index is 258. The van der Waals surface area contributed by atoms with Crippen LogP contribution >= 0.6 is 0 Å². The number of carbonyl (C=O) groups is 2. The Balaban J connectivity index is 3.56. The molecule has 0 spiro atoms. The number of hydrogen-bond acceptors (Lipinski definition) is 3. The van der Waals surface area contributed by atoms with Gasteiger partial charge in [0.25, 0.3) is 0 Å². The summed E-state index contributed by atoms with van der Waals surface area (Å²) < 4.78 is 0. The zero-order valence-electron chi connectivity index (χ0n) is 9.17. The molecule has 0 bridgehead atoms. The van der Waals surface area contributed by atoms with Crippen LogP contribution in [0.1, 0.15) is 33.1 Å². The van der Waals surface area contributed by atoms with Gasteiger partial charge < -0.3 is 10.6 Å². The number of nitriles is 1. The molecule has 84 valence electrons. The molecule has 0 fully saturated rings. The standard InChI is InChI=1S/C10H17N3O2/c1-3-8(2)13-10(15)5-7-12-9(14)4-6-11/h8H,3-5,7H2,1-2H3,(H,12,14)(H,13,15). The van der Waals surface area contributed by atoms with Crippen LogP contribution in [0.15, 0.2) is 0 Å². The first-order valence-corrected chi connectivity index (χ1v) is 5.03. The average Bonchev–Trinajstić information content (AvgIpc) is 2.18. The highest BCUT2D eigenvalue weighted by Gasteiger charge is 2.05. The zero-order valence-corrected chi connectivity index (χ0v) is 9.17. The maximum atomic E-state index is 11.2. The van der Waals surface area contributed by atoms with E-state index in [1.807, 2.05) is 13.8 Å². The maximum Gasteiger partial charge on any atom is 0.234 e. The molecule has 0 saturated heterocycles. The molecule has 0 heterocycles. The van der Waals surface area contributed by atoms with E-state index in [2.05, 4.69) is 10.6 Å². The summed E-state index contributed by atoms with van der Waals surface area (Å²) in [5.74, 6) is -0.421. The Kier molecular flexibility index (Phi) is 6.98. The van der Waals surface area contributed by atoms with Crippen LogP contribution < -0.4 is 10.6 Å². The minimum Gasteiger partial charge on any atom is -0.355 e. The number of nitrogens with one attached hydrogen (secondary N) is 2. The lowest BCUT2D eigenvalue weighted by atomic mass is 10.2. The minimum absolute atomic E-state index is 0.0818. The molecule has 0 aliphatic rings. The minimum atomic E-state index is -0.339. The third-order valence-corrected chi connectivity index (χ3v) is 1.93. The van der Waals surface area contributed by atoms with Crippen LogP contribution in [0, 0.1) is 11.3 Å². The molecule has 1 unspecified atom stereocenters. The smallest absolute Gasteiger partial charge is 0.234 e. The summed E-state index contributed by atoms with van der Waals surface area (Å²) in [6, 6.07) is 1.89. The van der Waals surface area contributed by atoms with Gasteiger partial charge in [-0.05, 0) is 13.3 Å². The zero-order chi connectivity index (χ0) is 11.7. The summed E-state index contributed by atoms with van der Waals surface area (Å²) in [6.45, 7) is 4.19. The predicted octanol–water partition coefficient (Wildman–Crippen LogP) is 0.321. The summed E-state index contributed by atoms with van der Waals surface area (Å²) in [5, 5.41) is 13.5. The second kappa shape index (κ2) is 7.80. The number of nitrogens with zero attached hydrogens (tertiary/aromatic N) is 1. The van der Waals surface area contributed by atoms with E-state index in [9.17, 15) is 9.59 Å². The number of amides is 2. The fourth-order valence-corrected chi connectivity index (χ4v) is 0.899. The fourth-order valence-electron chi connectivity index (χ4n) is 0.899. The highest BCUT2D eigenvalue weighted by Crippen LogP contribution is 1.89. The Morgan fingerprint density at radius 3 is 2.60 bits per heavy atom. The second-order valence-electron chi connectivity index (χ2n) is 3.31. The van der Waals surface area contributed by atoms with Crippen molar-refractivity contribution in [2.75, 3.05) is 6.54 Å². The molecular weight excluding hydrogens is 194 g/mol. The van der Waals surface area contributed by atoms with Crippen LogP contribution in [-0.2, 0) is 9.59 Å². The Morgan fingerprint density at radius 1 is 1.40 bits per heavy atom. The van der Waals surface area contributed by atoms with Gasteiger partial charge in [0, 0.05) is 19.0 Å². The van der Waals surface area contributed by atoms with E-state index in [4.69, 9.17) is 5.26 Å². The van der Waals surface area contributed by atoms with E-state index in [1.54, 1.807) is 6.07 Å². The molecule has 0 aliphatic heterocycles. The highest BCUT2D eigenvalue weighted by molar-refractivity contribution is 5.80. The average molecular weight is 211 g/mol. The highest BCUT2D eigenvalue weighted by atomic mass is 16.2. The van der Waals surface area contributed by atoms with Gasteiger partial charge in [-0.3, -0.25) is 9.59 Å². The molecule has 5 heteroatoms. The van der Waals surface area contributed by atoms with E-state index in [0.717, 1.165) is 6.42 Å². The number of hydrogen-bond donors (Lipinski definition) is 2. The van der Waals surface area contributed by atoms with Gasteiger partial charge in [0.2, 0.25) is 11.8 Å². The van der Waals surface area contributed by atoms with Crippen molar-refractivity contribution < 1.29 is 9.59 Å². The number of carbonyl (C=O) groups excluding carboxylic acids is 2. The third-order valence-electron chi connectivity index (χ3n) is 1.93. The van der Waals surface area contributed by atoms with Crippen molar-refractivity contribution in [2.24, 2.45) is 0 Å². The van der Waals surface area contributed by atoms with Gasteiger partial charge in [-0.15, -0.1) is 0 Å². The van der Waals surface area contributed by atoms with E-state index >= 15 is 0 Å². The van der Waals surface area contributed by atoms with Crippen molar-refractivity contribution in [3.8, 4) is 6.07 Å². The molecule has 0 saturated carbocycles. The van der Waals surface area contributed by atoms with Crippen LogP contribution in [0.25, 0.3) is 0 Å². The molecule has 5 nitrogen and oxygen atoms in total. The first-order valence-electron chi connectivity index (χ1n) is 5.03. The van der Waals surface area contributed by atoms with Gasteiger partial charge in [-0.1, -0.05) is 6.92 Å². The van der Waals surface area contributed by atoms with Gasteiger partial charge in [0.05, 0.1) is 6.07 Å². The van der Waals surface area contributed by atoms with Gasteiger partial charge >= 0.3 is 0 Å². The van der Waals surface area contributed by atoms with Crippen LogP contribution in [0.3, 0.4) is 0 Å². The number of rotatable bonds is 6. The van der Waals surface area contributed by atoms with Gasteiger partial charge in [0.1, 0.15) is 6.42 Å². The Morgan fingerprint density at radius 2 is 2.07 bits per heavy atom. The predicted molar refractivity (Wildman–Crippen MR) is 55.8 cm³/mol. The van der Waals surface area contributed by atoms with Crippen LogP contribution in [-0.4, -0.2) is 24.4 Å². The van der Waals surface area contributed by atoms with E-state index in [0.29, 0.717) is 0 Å². The molecule has 0 aliphatic carbocycles. The molecule has 0 aromatic carbocycles. The fraction of sp³-hybridized carbons (Fsp3) is 0.700. The molecule has 1 atom stereocenters. The van der Waals surface area contributed by atoms with E-state index in [1.165, 1.54) is 0 Å². The van der Waals surface area contributed by atoms with Gasteiger partial charge in [-0.25, -0.2) is 0 Å². The molecule has 0 aromatic heterocycles. The monoisotopic (exact) mass is 211 g/mol. The SMILES string of the molecule is CCC(C)NC(=O)CCNC(=O)CC#N. The lowest BCUT2D eigenvalue weighted by molar-refractivity contribution is -0.122. The lowest BCUT2D eigenvalue weighted by Crippen LogP contribution is -2.35. The van der Waals surface area contributed by atoms with Gasteiger partial charge in [-0.2, -0.15) is 5.26 Å². The third kappa shape index (κ3) is 7.50. The maximum absolute atomic E-state index is 11.2. The van der Waals surface area contributed by atoms with Crippen LogP contribution in [0.4, 0.5) is 0 Å². The Hall–Kier alpha value is -1.57. The molecule has 2 N–H and O–H groups in total. The summed E-state index contributed by atoms with van der Waals surface area (Å²) in [6.07, 6.45) is 0.973. The molecule has 0 radical (unpaired) electrons. The van der Waals surface area contributed by atoms with Crippen molar-refractivity contribution >= 4 is 11.8 Å². The molecule has 2 amide bonds. The van der Waals surface area contributed by atoms with Crippen molar-refractivity contribution in [3.05, 3.63) is 0 Å². The van der Waals surface area contributed by atoms with Gasteiger partial charge in [0.15, 0.2) is 0 Å².